The minimum absolute atomic E-state index is 0.316. The van der Waals surface area contributed by atoms with E-state index in [4.69, 9.17) is 16.3 Å². The first kappa shape index (κ1) is 20.0. The molecule has 1 aliphatic rings. The van der Waals surface area contributed by atoms with E-state index in [9.17, 15) is 9.59 Å². The number of halogens is 1. The summed E-state index contributed by atoms with van der Waals surface area (Å²) in [5, 5.41) is 6.98. The standard InChI is InChI=1S/C23H22ClN3O3/c1-3-21-25-19-12-11-16(24)13-18(19)23(29)27(21)26-22(28)14(2)30-20-10-6-8-15-7-4-5-9-17(15)20/h4-14,21,25H,3H2,1-2H3,(H,26,28). The molecule has 3 aromatic carbocycles. The highest BCUT2D eigenvalue weighted by atomic mass is 35.5. The van der Waals surface area contributed by atoms with Gasteiger partial charge in [-0.2, -0.15) is 0 Å². The summed E-state index contributed by atoms with van der Waals surface area (Å²) in [6.07, 6.45) is -0.575. The molecule has 7 heteroatoms. The van der Waals surface area contributed by atoms with Gasteiger partial charge in [0.05, 0.1) is 5.56 Å². The van der Waals surface area contributed by atoms with Crippen molar-refractivity contribution in [1.82, 2.24) is 10.4 Å². The van der Waals surface area contributed by atoms with Crippen LogP contribution in [0.15, 0.2) is 60.7 Å². The topological polar surface area (TPSA) is 70.7 Å². The fraction of sp³-hybridized carbons (Fsp3) is 0.217. The van der Waals surface area contributed by atoms with E-state index >= 15 is 0 Å². The molecule has 2 N–H and O–H groups in total. The fourth-order valence-electron chi connectivity index (χ4n) is 3.50. The number of carbonyl (C=O) groups excluding carboxylic acids is 2. The number of amides is 2. The van der Waals surface area contributed by atoms with Gasteiger partial charge < -0.3 is 10.1 Å². The van der Waals surface area contributed by atoms with Crippen LogP contribution in [0, 0.1) is 0 Å². The molecule has 154 valence electrons. The lowest BCUT2D eigenvalue weighted by Crippen LogP contribution is -2.59. The van der Waals surface area contributed by atoms with Crippen LogP contribution in [-0.4, -0.2) is 29.1 Å². The van der Waals surface area contributed by atoms with Crippen molar-refractivity contribution in [2.45, 2.75) is 32.5 Å². The van der Waals surface area contributed by atoms with Crippen molar-refractivity contribution in [1.29, 1.82) is 0 Å². The summed E-state index contributed by atoms with van der Waals surface area (Å²) in [4.78, 5) is 25.9. The average Bonchev–Trinajstić information content (AvgIpc) is 2.76. The number of rotatable bonds is 5. The SMILES string of the molecule is CCC1Nc2ccc(Cl)cc2C(=O)N1NC(=O)C(C)Oc1cccc2ccccc12. The highest BCUT2D eigenvalue weighted by Gasteiger charge is 2.33. The van der Waals surface area contributed by atoms with E-state index in [1.165, 1.54) is 5.01 Å². The van der Waals surface area contributed by atoms with Gasteiger partial charge >= 0.3 is 0 Å². The lowest BCUT2D eigenvalue weighted by molar-refractivity contribution is -0.132. The van der Waals surface area contributed by atoms with Crippen LogP contribution in [0.25, 0.3) is 10.8 Å². The van der Waals surface area contributed by atoms with E-state index in [2.05, 4.69) is 10.7 Å². The van der Waals surface area contributed by atoms with Crippen LogP contribution >= 0.6 is 11.6 Å². The number of nitrogens with one attached hydrogen (secondary N) is 2. The number of hydrazine groups is 1. The number of carbonyl (C=O) groups is 2. The maximum Gasteiger partial charge on any atom is 0.279 e. The van der Waals surface area contributed by atoms with Gasteiger partial charge in [-0.05, 0) is 43.0 Å². The molecule has 1 heterocycles. The number of hydrogen-bond acceptors (Lipinski definition) is 4. The third-order valence-corrected chi connectivity index (χ3v) is 5.34. The van der Waals surface area contributed by atoms with Crippen molar-refractivity contribution in [2.24, 2.45) is 0 Å². The van der Waals surface area contributed by atoms with E-state index in [1.54, 1.807) is 25.1 Å². The maximum absolute atomic E-state index is 13.0. The molecular weight excluding hydrogens is 402 g/mol. The monoisotopic (exact) mass is 423 g/mol. The van der Waals surface area contributed by atoms with Gasteiger partial charge in [0, 0.05) is 16.1 Å². The normalized spacial score (nSPS) is 16.6. The molecule has 0 aromatic heterocycles. The van der Waals surface area contributed by atoms with Crippen LogP contribution in [0.4, 0.5) is 5.69 Å². The first-order valence-corrected chi connectivity index (χ1v) is 10.2. The van der Waals surface area contributed by atoms with Gasteiger partial charge in [0.15, 0.2) is 6.10 Å². The number of nitrogens with zero attached hydrogens (tertiary/aromatic N) is 1. The lowest BCUT2D eigenvalue weighted by atomic mass is 10.1. The highest BCUT2D eigenvalue weighted by molar-refractivity contribution is 6.31. The Balaban J connectivity index is 1.52. The molecule has 30 heavy (non-hydrogen) atoms. The molecular formula is C23H22ClN3O3. The van der Waals surface area contributed by atoms with E-state index in [1.807, 2.05) is 49.4 Å². The average molecular weight is 424 g/mol. The Morgan fingerprint density at radius 2 is 1.97 bits per heavy atom. The summed E-state index contributed by atoms with van der Waals surface area (Å²) < 4.78 is 5.93. The Morgan fingerprint density at radius 3 is 2.77 bits per heavy atom. The third-order valence-electron chi connectivity index (χ3n) is 5.10. The van der Waals surface area contributed by atoms with Gasteiger partial charge in [-0.3, -0.25) is 15.0 Å². The Labute approximate surface area is 179 Å². The van der Waals surface area contributed by atoms with Crippen molar-refractivity contribution >= 4 is 39.9 Å². The summed E-state index contributed by atoms with van der Waals surface area (Å²) >= 11 is 6.05. The smallest absolute Gasteiger partial charge is 0.279 e. The van der Waals surface area contributed by atoms with Crippen LogP contribution in [0.5, 0.6) is 5.75 Å². The summed E-state index contributed by atoms with van der Waals surface area (Å²) in [6.45, 7) is 3.59. The minimum atomic E-state index is -0.804. The van der Waals surface area contributed by atoms with Gasteiger partial charge in [-0.1, -0.05) is 54.9 Å². The van der Waals surface area contributed by atoms with Crippen LogP contribution < -0.4 is 15.5 Å². The van der Waals surface area contributed by atoms with Gasteiger partial charge in [-0.15, -0.1) is 0 Å². The van der Waals surface area contributed by atoms with Crippen LogP contribution in [0.2, 0.25) is 5.02 Å². The number of ether oxygens (including phenoxy) is 1. The first-order valence-electron chi connectivity index (χ1n) is 9.82. The Bertz CT molecular complexity index is 1110. The first-order chi connectivity index (χ1) is 14.5. The van der Waals surface area contributed by atoms with E-state index in [0.29, 0.717) is 28.4 Å². The van der Waals surface area contributed by atoms with Crippen molar-refractivity contribution in [3.05, 3.63) is 71.2 Å². The van der Waals surface area contributed by atoms with Gasteiger partial charge in [0.25, 0.3) is 11.8 Å². The predicted octanol–water partition coefficient (Wildman–Crippen LogP) is 4.60. The number of anilines is 1. The highest BCUT2D eigenvalue weighted by Crippen LogP contribution is 2.29. The second-order valence-corrected chi connectivity index (χ2v) is 7.58. The Morgan fingerprint density at radius 1 is 1.20 bits per heavy atom. The number of benzene rings is 3. The quantitative estimate of drug-likeness (QED) is 0.629. The number of hydrogen-bond donors (Lipinski definition) is 2. The fourth-order valence-corrected chi connectivity index (χ4v) is 3.67. The van der Waals surface area contributed by atoms with Gasteiger partial charge in [-0.25, -0.2) is 5.01 Å². The zero-order valence-electron chi connectivity index (χ0n) is 16.7. The van der Waals surface area contributed by atoms with E-state index in [0.717, 1.165) is 10.8 Å². The summed E-state index contributed by atoms with van der Waals surface area (Å²) in [5.41, 5.74) is 3.82. The van der Waals surface area contributed by atoms with Crippen molar-refractivity contribution in [3.8, 4) is 5.75 Å². The Kier molecular flexibility index (Phi) is 5.50. The minimum Gasteiger partial charge on any atom is -0.480 e. The van der Waals surface area contributed by atoms with Crippen LogP contribution in [0.3, 0.4) is 0 Å². The van der Waals surface area contributed by atoms with Crippen molar-refractivity contribution in [2.75, 3.05) is 5.32 Å². The molecule has 4 rings (SSSR count). The van der Waals surface area contributed by atoms with E-state index < -0.39 is 12.0 Å². The molecule has 2 amide bonds. The maximum atomic E-state index is 13.0. The lowest BCUT2D eigenvalue weighted by Gasteiger charge is -2.37. The van der Waals surface area contributed by atoms with Crippen LogP contribution in [-0.2, 0) is 4.79 Å². The molecule has 3 aromatic rings. The van der Waals surface area contributed by atoms with E-state index in [-0.39, 0.29) is 12.1 Å². The molecule has 0 spiro atoms. The molecule has 0 saturated heterocycles. The van der Waals surface area contributed by atoms with Crippen molar-refractivity contribution in [3.63, 3.8) is 0 Å². The Hall–Kier alpha value is -3.25. The molecule has 0 fully saturated rings. The predicted molar refractivity (Wildman–Crippen MR) is 118 cm³/mol. The molecule has 0 saturated carbocycles. The van der Waals surface area contributed by atoms with Crippen molar-refractivity contribution < 1.29 is 14.3 Å². The molecule has 0 bridgehead atoms. The summed E-state index contributed by atoms with van der Waals surface area (Å²) in [6, 6.07) is 18.6. The van der Waals surface area contributed by atoms with Gasteiger partial charge in [0.1, 0.15) is 11.9 Å². The second kappa shape index (κ2) is 8.24. The van der Waals surface area contributed by atoms with Gasteiger partial charge in [0.2, 0.25) is 0 Å². The largest absolute Gasteiger partial charge is 0.480 e. The zero-order chi connectivity index (χ0) is 21.3. The molecule has 0 aliphatic carbocycles. The second-order valence-electron chi connectivity index (χ2n) is 7.15. The number of fused-ring (bicyclic) bond motifs is 2. The van der Waals surface area contributed by atoms with Crippen LogP contribution in [0.1, 0.15) is 30.6 Å². The summed E-state index contributed by atoms with van der Waals surface area (Å²) in [5.74, 6) is -0.117. The molecule has 1 aliphatic heterocycles. The molecule has 6 nitrogen and oxygen atoms in total. The molecule has 0 radical (unpaired) electrons. The molecule has 2 atom stereocenters. The summed E-state index contributed by atoms with van der Waals surface area (Å²) in [7, 11) is 0. The molecule has 2 unspecified atom stereocenters. The third kappa shape index (κ3) is 3.78. The zero-order valence-corrected chi connectivity index (χ0v) is 17.4.